The summed E-state index contributed by atoms with van der Waals surface area (Å²) in [7, 11) is 0. The Kier molecular flexibility index (Phi) is 4.71. The number of nitrogens with one attached hydrogen (secondary N) is 1. The minimum atomic E-state index is -0.538. The third kappa shape index (κ3) is 3.34. The van der Waals surface area contributed by atoms with E-state index >= 15 is 0 Å². The van der Waals surface area contributed by atoms with Crippen LogP contribution in [0.15, 0.2) is 82.6 Å². The van der Waals surface area contributed by atoms with Gasteiger partial charge in [0.05, 0.1) is 22.6 Å². The second-order valence-electron chi connectivity index (χ2n) is 7.60. The molecular weight excluding hydrogens is 392 g/mol. The van der Waals surface area contributed by atoms with Gasteiger partial charge < -0.3 is 9.88 Å². The number of pyridine rings is 1. The zero-order chi connectivity index (χ0) is 21.4. The Morgan fingerprint density at radius 1 is 1.00 bits per heavy atom. The molecule has 0 spiro atoms. The summed E-state index contributed by atoms with van der Waals surface area (Å²) < 4.78 is 1.10. The summed E-state index contributed by atoms with van der Waals surface area (Å²) in [5.41, 5.74) is 1.39. The van der Waals surface area contributed by atoms with Gasteiger partial charge in [-0.05, 0) is 60.9 Å². The van der Waals surface area contributed by atoms with E-state index in [-0.39, 0.29) is 11.9 Å². The summed E-state index contributed by atoms with van der Waals surface area (Å²) >= 11 is 0. The van der Waals surface area contributed by atoms with Crippen molar-refractivity contribution in [3.8, 4) is 5.69 Å². The fourth-order valence-corrected chi connectivity index (χ4v) is 4.27. The molecule has 0 radical (unpaired) electrons. The standard InChI is InChI=1S/C24H20N4O3/c29-22(27-14-4-7-21(27)16-10-12-25-13-11-16)17-8-9-19-20(15-17)26-24(31)28(23(19)30)18-5-2-1-3-6-18/h1-3,5-6,8-13,15,21H,4,7,14H2,(H,26,31). The Morgan fingerprint density at radius 3 is 2.55 bits per heavy atom. The van der Waals surface area contributed by atoms with Crippen molar-refractivity contribution in [2.45, 2.75) is 18.9 Å². The molecule has 1 saturated heterocycles. The Labute approximate surface area is 177 Å². The molecule has 3 heterocycles. The Hall–Kier alpha value is -4.00. The number of hydrogen-bond acceptors (Lipinski definition) is 4. The van der Waals surface area contributed by atoms with Crippen molar-refractivity contribution in [3.05, 3.63) is 105 Å². The quantitative estimate of drug-likeness (QED) is 0.560. The summed E-state index contributed by atoms with van der Waals surface area (Å²) in [5, 5.41) is 0.354. The zero-order valence-electron chi connectivity index (χ0n) is 16.7. The second-order valence-corrected chi connectivity index (χ2v) is 7.60. The molecule has 4 aromatic rings. The number of carbonyl (C=O) groups excluding carboxylic acids is 1. The maximum absolute atomic E-state index is 13.3. The lowest BCUT2D eigenvalue weighted by molar-refractivity contribution is 0.0735. The first-order chi connectivity index (χ1) is 15.1. The summed E-state index contributed by atoms with van der Waals surface area (Å²) in [4.78, 5) is 47.5. The van der Waals surface area contributed by atoms with E-state index in [0.717, 1.165) is 23.0 Å². The number of aromatic nitrogens is 3. The number of rotatable bonds is 3. The first kappa shape index (κ1) is 19.0. The average Bonchev–Trinajstić information content (AvgIpc) is 3.29. The lowest BCUT2D eigenvalue weighted by Crippen LogP contribution is -2.34. The van der Waals surface area contributed by atoms with Gasteiger partial charge in [0, 0.05) is 24.5 Å². The third-order valence-corrected chi connectivity index (χ3v) is 5.76. The summed E-state index contributed by atoms with van der Waals surface area (Å²) in [6, 6.07) is 17.5. The minimum Gasteiger partial charge on any atom is -0.332 e. The molecule has 2 aromatic heterocycles. The average molecular weight is 412 g/mol. The van der Waals surface area contributed by atoms with Crippen LogP contribution in [0.1, 0.15) is 34.8 Å². The number of amides is 1. The van der Waals surface area contributed by atoms with Crippen LogP contribution < -0.4 is 11.2 Å². The lowest BCUT2D eigenvalue weighted by atomic mass is 10.0. The third-order valence-electron chi connectivity index (χ3n) is 5.76. The van der Waals surface area contributed by atoms with Gasteiger partial charge >= 0.3 is 5.69 Å². The number of aromatic amines is 1. The highest BCUT2D eigenvalue weighted by atomic mass is 16.2. The zero-order valence-corrected chi connectivity index (χ0v) is 16.7. The van der Waals surface area contributed by atoms with Crippen molar-refractivity contribution in [3.63, 3.8) is 0 Å². The predicted octanol–water partition coefficient (Wildman–Crippen LogP) is 3.05. The first-order valence-corrected chi connectivity index (χ1v) is 10.2. The molecule has 1 amide bonds. The number of fused-ring (bicyclic) bond motifs is 1. The molecule has 1 fully saturated rings. The van der Waals surface area contributed by atoms with Gasteiger partial charge in [0.15, 0.2) is 0 Å². The van der Waals surface area contributed by atoms with Gasteiger partial charge in [-0.3, -0.25) is 14.6 Å². The molecule has 1 atom stereocenters. The van der Waals surface area contributed by atoms with Crippen LogP contribution in [0.5, 0.6) is 0 Å². The molecule has 1 N–H and O–H groups in total. The van der Waals surface area contributed by atoms with Crippen LogP contribution in [0.4, 0.5) is 0 Å². The van der Waals surface area contributed by atoms with Gasteiger partial charge in [-0.1, -0.05) is 18.2 Å². The maximum Gasteiger partial charge on any atom is 0.333 e. The number of hydrogen-bond donors (Lipinski definition) is 1. The second kappa shape index (κ2) is 7.68. The summed E-state index contributed by atoms with van der Waals surface area (Å²) in [6.07, 6.45) is 5.27. The molecule has 1 unspecified atom stereocenters. The predicted molar refractivity (Wildman–Crippen MR) is 117 cm³/mol. The van der Waals surface area contributed by atoms with E-state index in [1.807, 2.05) is 23.1 Å². The van der Waals surface area contributed by atoms with Crippen LogP contribution in [0.3, 0.4) is 0 Å². The smallest absolute Gasteiger partial charge is 0.332 e. The number of carbonyl (C=O) groups is 1. The normalized spacial score (nSPS) is 16.0. The van der Waals surface area contributed by atoms with Crippen molar-refractivity contribution in [1.82, 2.24) is 19.4 Å². The van der Waals surface area contributed by atoms with E-state index in [4.69, 9.17) is 0 Å². The number of para-hydroxylation sites is 1. The molecule has 0 bridgehead atoms. The van der Waals surface area contributed by atoms with Crippen LogP contribution in [-0.4, -0.2) is 31.9 Å². The van der Waals surface area contributed by atoms with Crippen LogP contribution in [0.2, 0.25) is 0 Å². The molecule has 154 valence electrons. The molecule has 31 heavy (non-hydrogen) atoms. The van der Waals surface area contributed by atoms with E-state index in [1.165, 1.54) is 0 Å². The first-order valence-electron chi connectivity index (χ1n) is 10.2. The van der Waals surface area contributed by atoms with E-state index in [0.29, 0.717) is 28.7 Å². The van der Waals surface area contributed by atoms with Crippen molar-refractivity contribution in [2.24, 2.45) is 0 Å². The Morgan fingerprint density at radius 2 is 1.77 bits per heavy atom. The lowest BCUT2D eigenvalue weighted by Gasteiger charge is -2.25. The fourth-order valence-electron chi connectivity index (χ4n) is 4.27. The van der Waals surface area contributed by atoms with Gasteiger partial charge in [0.25, 0.3) is 11.5 Å². The topological polar surface area (TPSA) is 88.1 Å². The number of benzene rings is 2. The minimum absolute atomic E-state index is 0.00340. The SMILES string of the molecule is O=C(c1ccc2c(=O)n(-c3ccccc3)c(=O)[nH]c2c1)N1CCCC1c1ccncc1. The van der Waals surface area contributed by atoms with Crippen LogP contribution in [-0.2, 0) is 0 Å². The molecule has 0 aliphatic carbocycles. The van der Waals surface area contributed by atoms with E-state index < -0.39 is 11.2 Å². The monoisotopic (exact) mass is 412 g/mol. The molecular formula is C24H20N4O3. The summed E-state index contributed by atoms with van der Waals surface area (Å²) in [6.45, 7) is 0.663. The highest BCUT2D eigenvalue weighted by molar-refractivity contribution is 5.98. The van der Waals surface area contributed by atoms with E-state index in [2.05, 4.69) is 9.97 Å². The molecule has 1 aliphatic heterocycles. The molecule has 7 nitrogen and oxygen atoms in total. The van der Waals surface area contributed by atoms with Gasteiger partial charge in [-0.15, -0.1) is 0 Å². The highest BCUT2D eigenvalue weighted by Gasteiger charge is 2.30. The summed E-state index contributed by atoms with van der Waals surface area (Å²) in [5.74, 6) is -0.116. The molecule has 1 aliphatic rings. The van der Waals surface area contributed by atoms with E-state index in [9.17, 15) is 14.4 Å². The number of H-pyrrole nitrogens is 1. The largest absolute Gasteiger partial charge is 0.333 e. The van der Waals surface area contributed by atoms with E-state index in [1.54, 1.807) is 54.9 Å². The molecule has 7 heteroatoms. The fraction of sp³-hybridized carbons (Fsp3) is 0.167. The van der Waals surface area contributed by atoms with Gasteiger partial charge in [0.1, 0.15) is 0 Å². The van der Waals surface area contributed by atoms with Crippen LogP contribution >= 0.6 is 0 Å². The van der Waals surface area contributed by atoms with Crippen molar-refractivity contribution < 1.29 is 4.79 Å². The van der Waals surface area contributed by atoms with Gasteiger partial charge in [-0.2, -0.15) is 0 Å². The van der Waals surface area contributed by atoms with Crippen molar-refractivity contribution in [2.75, 3.05) is 6.54 Å². The maximum atomic E-state index is 13.3. The Balaban J connectivity index is 1.54. The van der Waals surface area contributed by atoms with Crippen molar-refractivity contribution in [1.29, 1.82) is 0 Å². The van der Waals surface area contributed by atoms with Crippen LogP contribution in [0, 0.1) is 0 Å². The molecule has 5 rings (SSSR count). The van der Waals surface area contributed by atoms with Gasteiger partial charge in [-0.25, -0.2) is 9.36 Å². The molecule has 0 saturated carbocycles. The number of nitrogens with zero attached hydrogens (tertiary/aromatic N) is 3. The Bertz CT molecular complexity index is 1380. The van der Waals surface area contributed by atoms with Gasteiger partial charge in [0.2, 0.25) is 0 Å². The highest BCUT2D eigenvalue weighted by Crippen LogP contribution is 2.33. The van der Waals surface area contributed by atoms with Crippen LogP contribution in [0.25, 0.3) is 16.6 Å². The number of likely N-dealkylation sites (tertiary alicyclic amines) is 1. The molecule has 2 aromatic carbocycles. The van der Waals surface area contributed by atoms with Crippen molar-refractivity contribution >= 4 is 16.8 Å².